The highest BCUT2D eigenvalue weighted by molar-refractivity contribution is 6.03. The zero-order valence-electron chi connectivity index (χ0n) is 10.8. The minimum atomic E-state index is -1.42. The van der Waals surface area contributed by atoms with Crippen LogP contribution in [0, 0.1) is 5.82 Å². The van der Waals surface area contributed by atoms with Crippen LogP contribution < -0.4 is 11.1 Å². The van der Waals surface area contributed by atoms with E-state index < -0.39 is 23.3 Å². The monoisotopic (exact) mass is 293 g/mol. The van der Waals surface area contributed by atoms with Crippen molar-refractivity contribution in [2.75, 3.05) is 11.9 Å². The maximum absolute atomic E-state index is 13.2. The normalized spacial score (nSPS) is 10.4. The Kier molecular flexibility index (Phi) is 4.24. The van der Waals surface area contributed by atoms with Crippen molar-refractivity contribution in [3.63, 3.8) is 0 Å². The molecular formula is C12H12FN5O3. The molecule has 0 spiro atoms. The molecule has 1 aromatic heterocycles. The second kappa shape index (κ2) is 6.09. The van der Waals surface area contributed by atoms with E-state index in [0.717, 1.165) is 12.1 Å². The number of nitrogens with one attached hydrogen (secondary N) is 1. The van der Waals surface area contributed by atoms with Crippen molar-refractivity contribution in [3.05, 3.63) is 41.5 Å². The van der Waals surface area contributed by atoms with Crippen LogP contribution in [-0.2, 0) is 6.54 Å². The van der Waals surface area contributed by atoms with Gasteiger partial charge in [-0.25, -0.2) is 9.18 Å². The first-order chi connectivity index (χ1) is 10.0. The molecule has 0 saturated heterocycles. The third kappa shape index (κ3) is 3.39. The van der Waals surface area contributed by atoms with Crippen LogP contribution in [0.1, 0.15) is 20.8 Å². The van der Waals surface area contributed by atoms with Gasteiger partial charge < -0.3 is 16.2 Å². The van der Waals surface area contributed by atoms with Gasteiger partial charge in [0, 0.05) is 12.2 Å². The number of aromatic carboxylic acids is 1. The molecule has 2 rings (SSSR count). The molecule has 0 bridgehead atoms. The van der Waals surface area contributed by atoms with Gasteiger partial charge in [0.05, 0.1) is 18.3 Å². The van der Waals surface area contributed by atoms with Gasteiger partial charge >= 0.3 is 5.97 Å². The fraction of sp³-hybridized carbons (Fsp3) is 0.167. The van der Waals surface area contributed by atoms with E-state index >= 15 is 0 Å². The molecule has 0 aliphatic heterocycles. The van der Waals surface area contributed by atoms with Gasteiger partial charge in [-0.15, -0.1) is 5.10 Å². The molecule has 1 aromatic carbocycles. The average molecular weight is 293 g/mol. The number of benzene rings is 1. The van der Waals surface area contributed by atoms with E-state index in [-0.39, 0.29) is 11.4 Å². The van der Waals surface area contributed by atoms with Crippen LogP contribution in [0.2, 0.25) is 0 Å². The number of carboxylic acid groups (broad SMARTS) is 1. The maximum Gasteiger partial charge on any atom is 0.338 e. The van der Waals surface area contributed by atoms with E-state index in [1.54, 1.807) is 0 Å². The van der Waals surface area contributed by atoms with Crippen LogP contribution in [0.15, 0.2) is 24.4 Å². The summed E-state index contributed by atoms with van der Waals surface area (Å²) in [4.78, 5) is 22.7. The van der Waals surface area contributed by atoms with Gasteiger partial charge in [-0.1, -0.05) is 5.21 Å². The Morgan fingerprint density at radius 3 is 2.86 bits per heavy atom. The summed E-state index contributed by atoms with van der Waals surface area (Å²) in [6.07, 6.45) is 1.41. The number of aromatic nitrogens is 3. The first-order valence-electron chi connectivity index (χ1n) is 5.95. The van der Waals surface area contributed by atoms with Gasteiger partial charge in [0.25, 0.3) is 5.91 Å². The summed E-state index contributed by atoms with van der Waals surface area (Å²) in [6.45, 7) is 0.768. The van der Waals surface area contributed by atoms with Gasteiger partial charge in [0.2, 0.25) is 0 Å². The van der Waals surface area contributed by atoms with E-state index in [1.807, 2.05) is 0 Å². The summed E-state index contributed by atoms with van der Waals surface area (Å²) in [7, 11) is 0. The van der Waals surface area contributed by atoms with Crippen LogP contribution in [0.25, 0.3) is 0 Å². The van der Waals surface area contributed by atoms with Crippen LogP contribution in [0.3, 0.4) is 0 Å². The Hall–Kier alpha value is -2.81. The number of amides is 1. The van der Waals surface area contributed by atoms with Crippen molar-refractivity contribution in [1.82, 2.24) is 15.0 Å². The van der Waals surface area contributed by atoms with Gasteiger partial charge in [-0.3, -0.25) is 9.48 Å². The first-order valence-corrected chi connectivity index (χ1v) is 5.95. The summed E-state index contributed by atoms with van der Waals surface area (Å²) >= 11 is 0. The minimum Gasteiger partial charge on any atom is -0.478 e. The lowest BCUT2D eigenvalue weighted by Gasteiger charge is -2.04. The summed E-state index contributed by atoms with van der Waals surface area (Å²) < 4.78 is 14.6. The quantitative estimate of drug-likeness (QED) is 0.729. The molecule has 4 N–H and O–H groups in total. The summed E-state index contributed by atoms with van der Waals surface area (Å²) in [5.41, 5.74) is 5.01. The van der Waals surface area contributed by atoms with E-state index in [2.05, 4.69) is 15.6 Å². The van der Waals surface area contributed by atoms with E-state index in [9.17, 15) is 14.0 Å². The van der Waals surface area contributed by atoms with Crippen LogP contribution in [-0.4, -0.2) is 38.5 Å². The van der Waals surface area contributed by atoms with E-state index in [4.69, 9.17) is 10.8 Å². The van der Waals surface area contributed by atoms with Crippen LogP contribution >= 0.6 is 0 Å². The summed E-state index contributed by atoms with van der Waals surface area (Å²) in [6, 6.07) is 3.24. The maximum atomic E-state index is 13.2. The predicted molar refractivity (Wildman–Crippen MR) is 70.4 cm³/mol. The molecule has 0 aliphatic rings. The average Bonchev–Trinajstić information content (AvgIpc) is 2.90. The summed E-state index contributed by atoms with van der Waals surface area (Å²) in [5, 5.41) is 18.6. The SMILES string of the molecule is NCCn1cc(C(=O)Nc2ccc(F)c(C(=O)O)c2)nn1. The molecule has 21 heavy (non-hydrogen) atoms. The highest BCUT2D eigenvalue weighted by Crippen LogP contribution is 2.15. The number of rotatable bonds is 5. The van der Waals surface area contributed by atoms with Crippen molar-refractivity contribution in [2.45, 2.75) is 6.54 Å². The molecule has 2 aromatic rings. The third-order valence-electron chi connectivity index (χ3n) is 2.58. The highest BCUT2D eigenvalue weighted by atomic mass is 19.1. The largest absolute Gasteiger partial charge is 0.478 e. The number of nitrogens with two attached hydrogens (primary N) is 1. The summed E-state index contributed by atoms with van der Waals surface area (Å²) in [5.74, 6) is -2.88. The lowest BCUT2D eigenvalue weighted by molar-refractivity contribution is 0.0691. The topological polar surface area (TPSA) is 123 Å². The van der Waals surface area contributed by atoms with E-state index in [1.165, 1.54) is 16.9 Å². The Morgan fingerprint density at radius 2 is 2.19 bits per heavy atom. The second-order valence-electron chi connectivity index (χ2n) is 4.11. The number of carbonyl (C=O) groups is 2. The van der Waals surface area contributed by atoms with Gasteiger partial charge in [0.1, 0.15) is 5.82 Å². The first kappa shape index (κ1) is 14.6. The molecular weight excluding hydrogens is 281 g/mol. The van der Waals surface area contributed by atoms with Crippen molar-refractivity contribution in [3.8, 4) is 0 Å². The molecule has 0 aliphatic carbocycles. The molecule has 0 atom stereocenters. The van der Waals surface area contributed by atoms with Gasteiger partial charge in [0.15, 0.2) is 5.69 Å². The van der Waals surface area contributed by atoms with Gasteiger partial charge in [-0.05, 0) is 18.2 Å². The Bertz CT molecular complexity index is 685. The minimum absolute atomic E-state index is 0.0460. The van der Waals surface area contributed by atoms with Crippen LogP contribution in [0.4, 0.5) is 10.1 Å². The standard InChI is InChI=1S/C12H12FN5O3/c13-9-2-1-7(5-8(9)12(20)21)15-11(19)10-6-18(4-3-14)17-16-10/h1-2,5-6H,3-4,14H2,(H,15,19)(H,20,21). The predicted octanol–water partition coefficient (Wildman–Crippen LogP) is 0.326. The number of nitrogens with zero attached hydrogens (tertiary/aromatic N) is 3. The molecule has 1 heterocycles. The molecule has 9 heteroatoms. The Balaban J connectivity index is 2.15. The highest BCUT2D eigenvalue weighted by Gasteiger charge is 2.14. The molecule has 0 fully saturated rings. The number of anilines is 1. The molecule has 0 saturated carbocycles. The van der Waals surface area contributed by atoms with Gasteiger partial charge in [-0.2, -0.15) is 0 Å². The third-order valence-corrected chi connectivity index (χ3v) is 2.58. The number of hydrogen-bond donors (Lipinski definition) is 3. The Labute approximate surface area is 118 Å². The lowest BCUT2D eigenvalue weighted by atomic mass is 10.2. The fourth-order valence-corrected chi connectivity index (χ4v) is 1.61. The van der Waals surface area contributed by atoms with Crippen molar-refractivity contribution in [2.24, 2.45) is 5.73 Å². The Morgan fingerprint density at radius 1 is 1.43 bits per heavy atom. The van der Waals surface area contributed by atoms with Crippen molar-refractivity contribution < 1.29 is 19.1 Å². The lowest BCUT2D eigenvalue weighted by Crippen LogP contribution is -2.13. The number of halogens is 1. The molecule has 0 unspecified atom stereocenters. The smallest absolute Gasteiger partial charge is 0.338 e. The molecule has 110 valence electrons. The second-order valence-corrected chi connectivity index (χ2v) is 4.11. The van der Waals surface area contributed by atoms with Crippen molar-refractivity contribution >= 4 is 17.6 Å². The van der Waals surface area contributed by atoms with E-state index in [0.29, 0.717) is 13.1 Å². The molecule has 0 radical (unpaired) electrons. The molecule has 8 nitrogen and oxygen atoms in total. The number of carbonyl (C=O) groups excluding carboxylic acids is 1. The number of carboxylic acids is 1. The van der Waals surface area contributed by atoms with Crippen molar-refractivity contribution in [1.29, 1.82) is 0 Å². The fourth-order valence-electron chi connectivity index (χ4n) is 1.61. The number of hydrogen-bond acceptors (Lipinski definition) is 5. The zero-order chi connectivity index (χ0) is 15.4. The molecule has 1 amide bonds. The van der Waals surface area contributed by atoms with Crippen LogP contribution in [0.5, 0.6) is 0 Å². The zero-order valence-corrected chi connectivity index (χ0v) is 10.8.